The van der Waals surface area contributed by atoms with Crippen LogP contribution in [0.15, 0.2) is 23.1 Å². The molecule has 0 amide bonds. The maximum atomic E-state index is 12.6. The third-order valence-electron chi connectivity index (χ3n) is 1.64. The van der Waals surface area contributed by atoms with Crippen molar-refractivity contribution in [2.75, 3.05) is 0 Å². The van der Waals surface area contributed by atoms with Crippen molar-refractivity contribution in [3.63, 3.8) is 0 Å². The smallest absolute Gasteiger partial charge is 0.314 e. The second-order valence-corrected chi connectivity index (χ2v) is 2.61. The van der Waals surface area contributed by atoms with Crippen LogP contribution < -0.4 is 5.56 Å². The van der Waals surface area contributed by atoms with E-state index in [1.54, 1.807) is 0 Å². The number of hydrogen-bond acceptors (Lipinski definition) is 4. The fourth-order valence-electron chi connectivity index (χ4n) is 1.04. The van der Waals surface area contributed by atoms with Gasteiger partial charge < -0.3 is 4.98 Å². The highest BCUT2D eigenvalue weighted by molar-refractivity contribution is 5.51. The molecule has 0 spiro atoms. The SMILES string of the molecule is O=c1[nH]cccc1-c1nc(F)nc(F)n1. The molecule has 2 rings (SSSR count). The highest BCUT2D eigenvalue weighted by atomic mass is 19.1. The van der Waals surface area contributed by atoms with Crippen LogP contribution >= 0.6 is 0 Å². The minimum Gasteiger partial charge on any atom is -0.328 e. The van der Waals surface area contributed by atoms with Gasteiger partial charge in [0.05, 0.1) is 5.56 Å². The number of nitrogens with one attached hydrogen (secondary N) is 1. The number of nitrogens with zero attached hydrogens (tertiary/aromatic N) is 3. The molecule has 2 aromatic heterocycles. The third kappa shape index (κ3) is 1.85. The lowest BCUT2D eigenvalue weighted by molar-refractivity contribution is 0.457. The molecule has 2 aromatic rings. The summed E-state index contributed by atoms with van der Waals surface area (Å²) in [5, 5.41) is 0. The second-order valence-electron chi connectivity index (χ2n) is 2.61. The van der Waals surface area contributed by atoms with Crippen molar-refractivity contribution in [2.24, 2.45) is 0 Å². The van der Waals surface area contributed by atoms with E-state index in [-0.39, 0.29) is 11.4 Å². The van der Waals surface area contributed by atoms with Gasteiger partial charge in [-0.05, 0) is 12.1 Å². The molecule has 15 heavy (non-hydrogen) atoms. The summed E-state index contributed by atoms with van der Waals surface area (Å²) in [6.45, 7) is 0. The first kappa shape index (κ1) is 9.38. The zero-order chi connectivity index (χ0) is 10.8. The highest BCUT2D eigenvalue weighted by Crippen LogP contribution is 2.07. The van der Waals surface area contributed by atoms with E-state index in [2.05, 4.69) is 19.9 Å². The summed E-state index contributed by atoms with van der Waals surface area (Å²) in [5.41, 5.74) is -0.541. The Morgan fingerprint density at radius 1 is 1.13 bits per heavy atom. The molecule has 0 aliphatic rings. The van der Waals surface area contributed by atoms with Crippen molar-refractivity contribution in [1.82, 2.24) is 19.9 Å². The molecule has 2 heterocycles. The van der Waals surface area contributed by atoms with Crippen LogP contribution in [0.5, 0.6) is 0 Å². The summed E-state index contributed by atoms with van der Waals surface area (Å²) in [6.07, 6.45) is -1.14. The van der Waals surface area contributed by atoms with E-state index in [1.165, 1.54) is 18.3 Å². The van der Waals surface area contributed by atoms with Crippen molar-refractivity contribution in [2.45, 2.75) is 0 Å². The molecule has 0 atom stereocenters. The molecule has 0 radical (unpaired) electrons. The maximum Gasteiger partial charge on any atom is 0.314 e. The van der Waals surface area contributed by atoms with Crippen molar-refractivity contribution in [3.05, 3.63) is 40.8 Å². The van der Waals surface area contributed by atoms with Gasteiger partial charge in [-0.2, -0.15) is 23.7 Å². The summed E-state index contributed by atoms with van der Waals surface area (Å²) in [4.78, 5) is 22.7. The summed E-state index contributed by atoms with van der Waals surface area (Å²) in [5.74, 6) is -0.332. The fraction of sp³-hybridized carbons (Fsp3) is 0. The molecule has 0 fully saturated rings. The average Bonchev–Trinajstić information content (AvgIpc) is 2.16. The van der Waals surface area contributed by atoms with Gasteiger partial charge in [-0.15, -0.1) is 0 Å². The van der Waals surface area contributed by atoms with E-state index in [4.69, 9.17) is 0 Å². The van der Waals surface area contributed by atoms with Gasteiger partial charge in [0.25, 0.3) is 5.56 Å². The summed E-state index contributed by atoms with van der Waals surface area (Å²) >= 11 is 0. The number of halogens is 2. The molecule has 0 aromatic carbocycles. The molecular weight excluding hydrogens is 206 g/mol. The van der Waals surface area contributed by atoms with Crippen LogP contribution in [0, 0.1) is 12.2 Å². The van der Waals surface area contributed by atoms with E-state index in [9.17, 15) is 13.6 Å². The Kier molecular flexibility index (Phi) is 2.20. The molecule has 0 bridgehead atoms. The van der Waals surface area contributed by atoms with Crippen molar-refractivity contribution in [1.29, 1.82) is 0 Å². The van der Waals surface area contributed by atoms with E-state index >= 15 is 0 Å². The molecule has 5 nitrogen and oxygen atoms in total. The van der Waals surface area contributed by atoms with Crippen molar-refractivity contribution < 1.29 is 8.78 Å². The van der Waals surface area contributed by atoms with Gasteiger partial charge in [0.1, 0.15) is 0 Å². The fourth-order valence-corrected chi connectivity index (χ4v) is 1.04. The Labute approximate surface area is 81.9 Å². The van der Waals surface area contributed by atoms with Gasteiger partial charge >= 0.3 is 12.2 Å². The Morgan fingerprint density at radius 3 is 2.40 bits per heavy atom. The second kappa shape index (κ2) is 3.52. The topological polar surface area (TPSA) is 71.5 Å². The third-order valence-corrected chi connectivity index (χ3v) is 1.64. The standard InChI is InChI=1S/C8H4F2N4O/c9-7-12-5(13-8(10)14-7)4-2-1-3-11-6(4)15/h1-3H,(H,11,15). The summed E-state index contributed by atoms with van der Waals surface area (Å²) in [6, 6.07) is 2.85. The maximum absolute atomic E-state index is 12.6. The van der Waals surface area contributed by atoms with Gasteiger partial charge in [-0.25, -0.2) is 0 Å². The molecule has 0 aliphatic heterocycles. The molecular formula is C8H4F2N4O. The Bertz CT molecular complexity index is 534. The highest BCUT2D eigenvalue weighted by Gasteiger charge is 2.10. The average molecular weight is 210 g/mol. The van der Waals surface area contributed by atoms with Gasteiger partial charge in [-0.1, -0.05) is 0 Å². The minimum atomic E-state index is -1.26. The lowest BCUT2D eigenvalue weighted by atomic mass is 10.3. The van der Waals surface area contributed by atoms with Crippen molar-refractivity contribution >= 4 is 0 Å². The van der Waals surface area contributed by atoms with E-state index in [0.717, 1.165) is 0 Å². The predicted octanol–water partition coefficient (Wildman–Crippen LogP) is 0.505. The number of hydrogen-bond donors (Lipinski definition) is 1. The molecule has 0 saturated heterocycles. The van der Waals surface area contributed by atoms with Gasteiger partial charge in [0, 0.05) is 6.20 Å². The van der Waals surface area contributed by atoms with Crippen LogP contribution in [0.25, 0.3) is 11.4 Å². The van der Waals surface area contributed by atoms with Crippen LogP contribution in [0.1, 0.15) is 0 Å². The van der Waals surface area contributed by atoms with Gasteiger partial charge in [0.15, 0.2) is 5.82 Å². The largest absolute Gasteiger partial charge is 0.328 e. The first-order valence-electron chi connectivity index (χ1n) is 3.92. The van der Waals surface area contributed by atoms with E-state index < -0.39 is 17.7 Å². The number of H-pyrrole nitrogens is 1. The summed E-state index contributed by atoms with van der Waals surface area (Å²) < 4.78 is 25.3. The zero-order valence-electron chi connectivity index (χ0n) is 7.24. The number of aromatic nitrogens is 4. The van der Waals surface area contributed by atoms with Crippen LogP contribution in [-0.2, 0) is 0 Å². The van der Waals surface area contributed by atoms with E-state index in [0.29, 0.717) is 0 Å². The van der Waals surface area contributed by atoms with Crippen LogP contribution in [0.4, 0.5) is 8.78 Å². The van der Waals surface area contributed by atoms with Gasteiger partial charge in [0.2, 0.25) is 0 Å². The first-order chi connectivity index (χ1) is 7.16. The molecule has 0 aliphatic carbocycles. The van der Waals surface area contributed by atoms with Crippen LogP contribution in [0.2, 0.25) is 0 Å². The van der Waals surface area contributed by atoms with Crippen LogP contribution in [-0.4, -0.2) is 19.9 Å². The van der Waals surface area contributed by atoms with Crippen LogP contribution in [0.3, 0.4) is 0 Å². The summed E-state index contributed by atoms with van der Waals surface area (Å²) in [7, 11) is 0. The van der Waals surface area contributed by atoms with E-state index in [1.807, 2.05) is 0 Å². The van der Waals surface area contributed by atoms with Crippen molar-refractivity contribution in [3.8, 4) is 11.4 Å². The molecule has 7 heteroatoms. The lowest BCUT2D eigenvalue weighted by Gasteiger charge is -1.97. The predicted molar refractivity (Wildman–Crippen MR) is 45.8 cm³/mol. The number of rotatable bonds is 1. The lowest BCUT2D eigenvalue weighted by Crippen LogP contribution is -2.11. The number of aromatic amines is 1. The first-order valence-corrected chi connectivity index (χ1v) is 3.92. The minimum absolute atomic E-state index is 0.0160. The molecule has 1 N–H and O–H groups in total. The Hall–Kier alpha value is -2.18. The Balaban J connectivity index is 2.64. The quantitative estimate of drug-likeness (QED) is 0.744. The monoisotopic (exact) mass is 210 g/mol. The Morgan fingerprint density at radius 2 is 1.80 bits per heavy atom. The zero-order valence-corrected chi connectivity index (χ0v) is 7.24. The normalized spacial score (nSPS) is 10.3. The molecule has 0 unspecified atom stereocenters. The molecule has 76 valence electrons. The molecule has 0 saturated carbocycles. The number of pyridine rings is 1. The van der Waals surface area contributed by atoms with Gasteiger partial charge in [-0.3, -0.25) is 4.79 Å².